The van der Waals surface area contributed by atoms with Crippen molar-refractivity contribution in [1.29, 1.82) is 0 Å². The molecule has 0 spiro atoms. The van der Waals surface area contributed by atoms with E-state index in [9.17, 15) is 52.7 Å². The van der Waals surface area contributed by atoms with Gasteiger partial charge in [-0.15, -0.1) is 21.9 Å². The first-order chi connectivity index (χ1) is 31.1. The van der Waals surface area contributed by atoms with Crippen LogP contribution in [-0.2, 0) is 11.8 Å². The molecule has 0 saturated carbocycles. The van der Waals surface area contributed by atoms with E-state index in [-0.39, 0.29) is 0 Å². The maximum Gasteiger partial charge on any atom is 0.200 e. The third-order valence-electron chi connectivity index (χ3n) is 11.0. The number of unbranched alkanes of at least 4 members (excludes halogenated alkanes) is 14. The fourth-order valence-corrected chi connectivity index (χ4v) is 8.82. The first-order valence-corrected chi connectivity index (χ1v) is 22.2. The second-order valence-corrected chi connectivity index (χ2v) is 16.8. The molecule has 0 nitrogen and oxygen atoms in total. The van der Waals surface area contributed by atoms with Crippen molar-refractivity contribution in [3.8, 4) is 0 Å². The Labute approximate surface area is 371 Å². The van der Waals surface area contributed by atoms with Gasteiger partial charge in [-0.2, -0.15) is 0 Å². The number of hydrogen-bond donors (Lipinski definition) is 0. The van der Waals surface area contributed by atoms with Gasteiger partial charge >= 0.3 is 0 Å². The van der Waals surface area contributed by atoms with Gasteiger partial charge in [0.1, 0.15) is 64.2 Å². The Morgan fingerprint density at radius 1 is 0.227 bits per heavy atom. The van der Waals surface area contributed by atoms with Crippen LogP contribution in [0.5, 0.6) is 0 Å². The Bertz CT molecular complexity index is 1900. The molecule has 0 heterocycles. The van der Waals surface area contributed by atoms with Crippen LogP contribution in [0.4, 0.5) is 87.8 Å². The quantitative estimate of drug-likeness (QED) is 0.0140. The molecule has 0 aromatic heterocycles. The smallest absolute Gasteiger partial charge is 0.200 e. The number of halogens is 20. The molecule has 0 saturated heterocycles. The van der Waals surface area contributed by atoms with Crippen LogP contribution in [-0.4, -0.2) is 17.7 Å². The highest BCUT2D eigenvalue weighted by Crippen LogP contribution is 2.31. The number of rotatable bonds is 22. The zero-order valence-corrected chi connectivity index (χ0v) is 36.2. The van der Waals surface area contributed by atoms with Crippen LogP contribution in [0.2, 0.25) is 0 Å². The SMILES string of the molecule is CCCCCCCCCC[SH+]CCCCCCCCCC.Fc1c(F)c(F)c([B-](c2c(F)c(F)c(F)c(F)c2F)(c2c(F)c(F)c(F)c(F)c2F)c2c(F)c(F)c(F)c(F)c2F)c(F)c1F. The van der Waals surface area contributed by atoms with Crippen molar-refractivity contribution in [1.82, 2.24) is 0 Å². The lowest BCUT2D eigenvalue weighted by molar-refractivity contribution is 0.378. The highest BCUT2D eigenvalue weighted by molar-refractivity contribution is 7.78. The van der Waals surface area contributed by atoms with Gasteiger partial charge in [-0.3, -0.25) is 0 Å². The van der Waals surface area contributed by atoms with E-state index in [4.69, 9.17) is 0 Å². The summed E-state index contributed by atoms with van der Waals surface area (Å²) in [5.41, 5.74) is -14.3. The van der Waals surface area contributed by atoms with E-state index < -0.39 is 144 Å². The van der Waals surface area contributed by atoms with Gasteiger partial charge < -0.3 is 0 Å². The molecule has 22 heteroatoms. The van der Waals surface area contributed by atoms with Gasteiger partial charge in [0.2, 0.25) is 0 Å². The standard InChI is InChI=1S/C24BF20.C20H42S/c26-5-1(6(27)14(35)21(42)13(5)34)25(2-7(28)15(36)22(43)16(37)8(2)29,3-9(30)17(38)23(44)18(39)10(3)31)4-11(32)19(40)24(45)20(41)12(4)33;1-3-5-7-9-11-13-15-17-19-21-20-18-16-14-12-10-8-6-4-2/h;3-20H2,1-2H3/q-1;/p+1. The molecule has 66 heavy (non-hydrogen) atoms. The van der Waals surface area contributed by atoms with E-state index in [0.717, 1.165) is 0 Å². The summed E-state index contributed by atoms with van der Waals surface area (Å²) in [4.78, 5) is 0. The van der Waals surface area contributed by atoms with Crippen molar-refractivity contribution in [2.45, 2.75) is 117 Å². The molecule has 4 rings (SSSR count). The Hall–Kier alpha value is -4.11. The maximum atomic E-state index is 15.4. The number of benzene rings is 4. The van der Waals surface area contributed by atoms with Gasteiger partial charge in [-0.1, -0.05) is 90.9 Å². The lowest BCUT2D eigenvalue weighted by Gasteiger charge is -2.44. The Kier molecular flexibility index (Phi) is 21.6. The van der Waals surface area contributed by atoms with Crippen molar-refractivity contribution in [2.75, 3.05) is 11.5 Å². The molecule has 0 N–H and O–H groups in total. The third kappa shape index (κ3) is 11.6. The summed E-state index contributed by atoms with van der Waals surface area (Å²) in [6.45, 7) is 4.59. The van der Waals surface area contributed by atoms with Crippen LogP contribution in [0.25, 0.3) is 0 Å². The van der Waals surface area contributed by atoms with Gasteiger partial charge in [0.05, 0.1) is 0 Å². The molecule has 0 aliphatic heterocycles. The Balaban J connectivity index is 0.000000464. The van der Waals surface area contributed by atoms with Crippen LogP contribution in [0.1, 0.15) is 117 Å². The lowest BCUT2D eigenvalue weighted by Crippen LogP contribution is -2.81. The summed E-state index contributed by atoms with van der Waals surface area (Å²) < 4.78 is 294. The average Bonchev–Trinajstić information content (AvgIpc) is 3.30. The van der Waals surface area contributed by atoms with E-state index in [1.807, 2.05) is 0 Å². The first kappa shape index (κ1) is 56.2. The van der Waals surface area contributed by atoms with E-state index >= 15 is 35.1 Å². The minimum Gasteiger partial charge on any atom is -0.207 e. The minimum atomic E-state index is -7.22. The summed E-state index contributed by atoms with van der Waals surface area (Å²) in [6.07, 6.45) is 16.1. The molecule has 0 aliphatic rings. The second kappa shape index (κ2) is 25.3. The van der Waals surface area contributed by atoms with Crippen LogP contribution in [0, 0.1) is 116 Å². The Morgan fingerprint density at radius 3 is 0.561 bits per heavy atom. The third-order valence-corrected chi connectivity index (χ3v) is 12.3. The topological polar surface area (TPSA) is 0 Å². The van der Waals surface area contributed by atoms with Crippen LogP contribution in [0.3, 0.4) is 0 Å². The van der Waals surface area contributed by atoms with Crippen molar-refractivity contribution in [2.24, 2.45) is 0 Å². The molecule has 0 unspecified atom stereocenters. The normalized spacial score (nSPS) is 11.7. The van der Waals surface area contributed by atoms with Crippen molar-refractivity contribution < 1.29 is 87.8 Å². The highest BCUT2D eigenvalue weighted by Gasteiger charge is 2.52. The fraction of sp³-hybridized carbons (Fsp3) is 0.455. The van der Waals surface area contributed by atoms with Crippen molar-refractivity contribution >= 4 is 39.8 Å². The van der Waals surface area contributed by atoms with Crippen LogP contribution in [0.15, 0.2) is 0 Å². The van der Waals surface area contributed by atoms with E-state index in [1.165, 1.54) is 114 Å². The van der Waals surface area contributed by atoms with Gasteiger partial charge in [-0.05, 0) is 37.4 Å². The Morgan fingerprint density at radius 2 is 0.379 bits per heavy atom. The molecule has 0 fully saturated rings. The lowest BCUT2D eigenvalue weighted by atomic mass is 9.12. The molecule has 4 aromatic rings. The van der Waals surface area contributed by atoms with Gasteiger partial charge in [0, 0.05) is 0 Å². The summed E-state index contributed by atoms with van der Waals surface area (Å²) in [5, 5.41) is 0. The summed E-state index contributed by atoms with van der Waals surface area (Å²) in [7, 11) is 0. The zero-order chi connectivity index (χ0) is 49.8. The molecule has 0 radical (unpaired) electrons. The molecule has 0 atom stereocenters. The zero-order valence-electron chi connectivity index (χ0n) is 35.3. The highest BCUT2D eigenvalue weighted by atomic mass is 32.2. The monoisotopic (exact) mass is 994 g/mol. The van der Waals surface area contributed by atoms with E-state index in [0.29, 0.717) is 0 Å². The van der Waals surface area contributed by atoms with Crippen LogP contribution >= 0.6 is 0 Å². The predicted octanol–water partition coefficient (Wildman–Crippen LogP) is 12.9. The predicted molar refractivity (Wildman–Crippen MR) is 213 cm³/mol. The van der Waals surface area contributed by atoms with Gasteiger partial charge in [-0.25, -0.2) is 87.8 Å². The second-order valence-electron chi connectivity index (χ2n) is 15.4. The van der Waals surface area contributed by atoms with Crippen molar-refractivity contribution in [3.05, 3.63) is 116 Å². The van der Waals surface area contributed by atoms with Crippen LogP contribution < -0.4 is 21.9 Å². The number of thiol groups is 1. The number of hydrogen-bond acceptors (Lipinski definition) is 0. The molecule has 0 bridgehead atoms. The maximum absolute atomic E-state index is 15.4. The summed E-state index contributed by atoms with van der Waals surface area (Å²) in [5.74, 6) is -68.5. The molecular weight excluding hydrogens is 951 g/mol. The van der Waals surface area contributed by atoms with Gasteiger partial charge in [0.25, 0.3) is 0 Å². The summed E-state index contributed by atoms with van der Waals surface area (Å²) in [6, 6.07) is 0. The fourth-order valence-electron chi connectivity index (χ4n) is 7.70. The van der Waals surface area contributed by atoms with E-state index in [2.05, 4.69) is 13.8 Å². The molecular formula is C44H43BF20S. The van der Waals surface area contributed by atoms with E-state index in [1.54, 1.807) is 11.8 Å². The summed E-state index contributed by atoms with van der Waals surface area (Å²) >= 11 is 1.73. The first-order valence-electron chi connectivity index (χ1n) is 21.0. The minimum absolute atomic E-state index is 1.37. The van der Waals surface area contributed by atoms with Crippen molar-refractivity contribution in [3.63, 3.8) is 0 Å². The molecule has 0 aliphatic carbocycles. The average molecular weight is 995 g/mol. The molecule has 4 aromatic carbocycles. The molecule has 0 amide bonds. The van der Waals surface area contributed by atoms with Gasteiger partial charge in [0.15, 0.2) is 69.8 Å². The largest absolute Gasteiger partial charge is 0.207 e. The molecule has 368 valence electrons.